The predicted molar refractivity (Wildman–Crippen MR) is 85.7 cm³/mol. The molecule has 0 spiro atoms. The summed E-state index contributed by atoms with van der Waals surface area (Å²) in [7, 11) is -3.18. The lowest BCUT2D eigenvalue weighted by molar-refractivity contribution is 0.0710. The number of carbonyl (C=O) groups is 1. The number of amides is 1. The van der Waals surface area contributed by atoms with Gasteiger partial charge in [-0.15, -0.1) is 0 Å². The molecule has 1 amide bonds. The first kappa shape index (κ1) is 16.5. The van der Waals surface area contributed by atoms with Crippen LogP contribution in [0.15, 0.2) is 28.7 Å². The Hall–Kier alpha value is -0.920. The quantitative estimate of drug-likeness (QED) is 0.876. The van der Waals surface area contributed by atoms with E-state index < -0.39 is 10.0 Å². The molecule has 1 N–H and O–H groups in total. The van der Waals surface area contributed by atoms with Gasteiger partial charge >= 0.3 is 0 Å². The smallest absolute Gasteiger partial charge is 0.254 e. The Labute approximate surface area is 133 Å². The van der Waals surface area contributed by atoms with E-state index in [-0.39, 0.29) is 17.7 Å². The fourth-order valence-corrected chi connectivity index (χ4v) is 3.71. The molecule has 0 aliphatic carbocycles. The van der Waals surface area contributed by atoms with Crippen molar-refractivity contribution in [2.24, 2.45) is 0 Å². The molecule has 1 heterocycles. The van der Waals surface area contributed by atoms with Crippen molar-refractivity contribution in [3.63, 3.8) is 0 Å². The van der Waals surface area contributed by atoms with E-state index in [0.717, 1.165) is 4.47 Å². The molecule has 1 aliphatic rings. The van der Waals surface area contributed by atoms with Crippen LogP contribution in [-0.2, 0) is 10.0 Å². The van der Waals surface area contributed by atoms with Crippen molar-refractivity contribution in [1.82, 2.24) is 9.62 Å². The number of rotatable bonds is 4. The lowest BCUT2D eigenvalue weighted by Crippen LogP contribution is -2.46. The number of likely N-dealkylation sites (tertiary alicyclic amines) is 1. The molecule has 0 unspecified atom stereocenters. The standard InChI is InChI=1S/C14H19BrN2O3S/c1-2-21(19,20)16-11-7-9-17(10-8-11)14(18)12-5-3-4-6-13(12)15/h3-6,11,16H,2,7-10H2,1H3. The fraction of sp³-hybridized carbons (Fsp3) is 0.500. The van der Waals surface area contributed by atoms with E-state index >= 15 is 0 Å². The first-order valence-corrected chi connectivity index (χ1v) is 9.41. The van der Waals surface area contributed by atoms with Gasteiger partial charge in [0.2, 0.25) is 10.0 Å². The lowest BCUT2D eigenvalue weighted by atomic mass is 10.0. The number of hydrogen-bond acceptors (Lipinski definition) is 3. The fourth-order valence-electron chi connectivity index (χ4n) is 2.34. The number of carbonyl (C=O) groups excluding carboxylic acids is 1. The molecular weight excluding hydrogens is 356 g/mol. The second-order valence-electron chi connectivity index (χ2n) is 5.07. The van der Waals surface area contributed by atoms with E-state index in [1.165, 1.54) is 0 Å². The Morgan fingerprint density at radius 2 is 1.95 bits per heavy atom. The second kappa shape index (κ2) is 6.89. The molecule has 1 saturated heterocycles. The van der Waals surface area contributed by atoms with Gasteiger partial charge in [-0.25, -0.2) is 13.1 Å². The SMILES string of the molecule is CCS(=O)(=O)NC1CCN(C(=O)c2ccccc2Br)CC1. The molecule has 7 heteroatoms. The Kier molecular flexibility index (Phi) is 5.40. The summed E-state index contributed by atoms with van der Waals surface area (Å²) in [5.74, 6) is 0.0719. The third-order valence-corrected chi connectivity index (χ3v) is 5.76. The van der Waals surface area contributed by atoms with Crippen LogP contribution in [0.2, 0.25) is 0 Å². The minimum atomic E-state index is -3.18. The molecule has 116 valence electrons. The Morgan fingerprint density at radius 3 is 2.52 bits per heavy atom. The van der Waals surface area contributed by atoms with Gasteiger partial charge in [-0.1, -0.05) is 12.1 Å². The number of sulfonamides is 1. The largest absolute Gasteiger partial charge is 0.338 e. The highest BCUT2D eigenvalue weighted by molar-refractivity contribution is 9.10. The molecule has 1 fully saturated rings. The number of nitrogens with one attached hydrogen (secondary N) is 1. The predicted octanol–water partition coefficient (Wildman–Crippen LogP) is 1.99. The maximum absolute atomic E-state index is 12.4. The highest BCUT2D eigenvalue weighted by atomic mass is 79.9. The van der Waals surface area contributed by atoms with Gasteiger partial charge in [-0.3, -0.25) is 4.79 Å². The monoisotopic (exact) mass is 374 g/mol. The average Bonchev–Trinajstić information content (AvgIpc) is 2.47. The summed E-state index contributed by atoms with van der Waals surface area (Å²) in [5, 5.41) is 0. The van der Waals surface area contributed by atoms with Gasteiger partial charge in [-0.05, 0) is 47.8 Å². The first-order valence-electron chi connectivity index (χ1n) is 6.96. The Morgan fingerprint density at radius 1 is 1.33 bits per heavy atom. The summed E-state index contributed by atoms with van der Waals surface area (Å²) in [4.78, 5) is 14.2. The third kappa shape index (κ3) is 4.28. The van der Waals surface area contributed by atoms with Crippen LogP contribution in [0.25, 0.3) is 0 Å². The summed E-state index contributed by atoms with van der Waals surface area (Å²) >= 11 is 3.39. The average molecular weight is 375 g/mol. The summed E-state index contributed by atoms with van der Waals surface area (Å²) in [6.07, 6.45) is 1.30. The van der Waals surface area contributed by atoms with Crippen molar-refractivity contribution in [3.05, 3.63) is 34.3 Å². The zero-order valence-corrected chi connectivity index (χ0v) is 14.3. The van der Waals surface area contributed by atoms with E-state index in [1.807, 2.05) is 18.2 Å². The number of piperidine rings is 1. The van der Waals surface area contributed by atoms with Gasteiger partial charge in [0.25, 0.3) is 5.91 Å². The first-order chi connectivity index (χ1) is 9.93. The topological polar surface area (TPSA) is 66.5 Å². The molecule has 1 aromatic carbocycles. The molecule has 0 radical (unpaired) electrons. The molecule has 5 nitrogen and oxygen atoms in total. The molecule has 0 saturated carbocycles. The molecule has 1 aliphatic heterocycles. The van der Waals surface area contributed by atoms with Crippen LogP contribution in [0.5, 0.6) is 0 Å². The van der Waals surface area contributed by atoms with E-state index in [9.17, 15) is 13.2 Å². The van der Waals surface area contributed by atoms with Crippen LogP contribution in [0.4, 0.5) is 0 Å². The van der Waals surface area contributed by atoms with Crippen LogP contribution in [-0.4, -0.2) is 44.1 Å². The van der Waals surface area contributed by atoms with E-state index in [4.69, 9.17) is 0 Å². The van der Waals surface area contributed by atoms with Gasteiger partial charge < -0.3 is 4.90 Å². The summed E-state index contributed by atoms with van der Waals surface area (Å²) < 4.78 is 26.6. The molecule has 2 rings (SSSR count). The molecule has 1 aromatic rings. The summed E-state index contributed by atoms with van der Waals surface area (Å²) in [6.45, 7) is 2.75. The summed E-state index contributed by atoms with van der Waals surface area (Å²) in [5.41, 5.74) is 0.644. The highest BCUT2D eigenvalue weighted by Gasteiger charge is 2.26. The van der Waals surface area contributed by atoms with Crippen molar-refractivity contribution in [2.75, 3.05) is 18.8 Å². The zero-order valence-electron chi connectivity index (χ0n) is 11.9. The van der Waals surface area contributed by atoms with Crippen LogP contribution < -0.4 is 4.72 Å². The zero-order chi connectivity index (χ0) is 15.5. The van der Waals surface area contributed by atoms with Crippen molar-refractivity contribution < 1.29 is 13.2 Å². The molecule has 0 atom stereocenters. The number of benzene rings is 1. The molecule has 21 heavy (non-hydrogen) atoms. The van der Waals surface area contributed by atoms with Crippen LogP contribution in [0.1, 0.15) is 30.1 Å². The van der Waals surface area contributed by atoms with Gasteiger partial charge in [0, 0.05) is 23.6 Å². The Balaban J connectivity index is 1.95. The van der Waals surface area contributed by atoms with Crippen LogP contribution in [0.3, 0.4) is 0 Å². The van der Waals surface area contributed by atoms with E-state index in [1.54, 1.807) is 17.9 Å². The molecular formula is C14H19BrN2O3S. The molecule has 0 aromatic heterocycles. The van der Waals surface area contributed by atoms with Crippen LogP contribution >= 0.6 is 15.9 Å². The van der Waals surface area contributed by atoms with Gasteiger partial charge in [0.15, 0.2) is 0 Å². The van der Waals surface area contributed by atoms with E-state index in [0.29, 0.717) is 31.5 Å². The van der Waals surface area contributed by atoms with Crippen molar-refractivity contribution >= 4 is 31.9 Å². The van der Waals surface area contributed by atoms with Gasteiger partial charge in [0.05, 0.1) is 11.3 Å². The summed E-state index contributed by atoms with van der Waals surface area (Å²) in [6, 6.07) is 7.26. The van der Waals surface area contributed by atoms with Gasteiger partial charge in [-0.2, -0.15) is 0 Å². The number of halogens is 1. The van der Waals surface area contributed by atoms with Gasteiger partial charge in [0.1, 0.15) is 0 Å². The van der Waals surface area contributed by atoms with E-state index in [2.05, 4.69) is 20.7 Å². The van der Waals surface area contributed by atoms with Crippen molar-refractivity contribution in [1.29, 1.82) is 0 Å². The maximum Gasteiger partial charge on any atom is 0.254 e. The molecule has 0 bridgehead atoms. The van der Waals surface area contributed by atoms with Crippen molar-refractivity contribution in [3.8, 4) is 0 Å². The minimum Gasteiger partial charge on any atom is -0.338 e. The third-order valence-electron chi connectivity index (χ3n) is 3.61. The Bertz CT molecular complexity index is 610. The minimum absolute atomic E-state index is 0.0146. The number of hydrogen-bond donors (Lipinski definition) is 1. The highest BCUT2D eigenvalue weighted by Crippen LogP contribution is 2.20. The number of nitrogens with zero attached hydrogens (tertiary/aromatic N) is 1. The maximum atomic E-state index is 12.4. The van der Waals surface area contributed by atoms with Crippen molar-refractivity contribution in [2.45, 2.75) is 25.8 Å². The normalized spacial score (nSPS) is 17.0. The second-order valence-corrected chi connectivity index (χ2v) is 7.96. The lowest BCUT2D eigenvalue weighted by Gasteiger charge is -2.32. The van der Waals surface area contributed by atoms with Crippen LogP contribution in [0, 0.1) is 0 Å².